The minimum atomic E-state index is -3.40. The lowest BCUT2D eigenvalue weighted by atomic mass is 10.2. The van der Waals surface area contributed by atoms with E-state index in [1.54, 1.807) is 0 Å². The van der Waals surface area contributed by atoms with Crippen LogP contribution in [0.25, 0.3) is 0 Å². The fourth-order valence-electron chi connectivity index (χ4n) is 1.71. The van der Waals surface area contributed by atoms with Crippen molar-refractivity contribution in [1.29, 1.82) is 0 Å². The van der Waals surface area contributed by atoms with Crippen LogP contribution in [0.2, 0.25) is 0 Å². The van der Waals surface area contributed by atoms with Crippen LogP contribution in [-0.4, -0.2) is 26.2 Å². The Hall–Kier alpha value is -0.520. The van der Waals surface area contributed by atoms with Crippen LogP contribution in [0, 0.1) is 0 Å². The molecule has 1 aromatic rings. The Labute approximate surface area is 119 Å². The van der Waals surface area contributed by atoms with Crippen LogP contribution in [0.3, 0.4) is 0 Å². The lowest BCUT2D eigenvalue weighted by Crippen LogP contribution is -2.17. The molecule has 0 spiro atoms. The van der Waals surface area contributed by atoms with Gasteiger partial charge in [-0.15, -0.1) is 10.3 Å². The molecule has 0 aliphatic heterocycles. The fraction of sp³-hybridized carbons (Fsp3) is 0.571. The van der Waals surface area contributed by atoms with Crippen molar-refractivity contribution in [3.05, 3.63) is 35.9 Å². The minimum absolute atomic E-state index is 0.126. The molecule has 0 fully saturated rings. The number of unbranched alkanes of at least 4 members (excludes halogenated alkanes) is 1. The molecule has 1 aromatic carbocycles. The zero-order valence-electron chi connectivity index (χ0n) is 12.0. The van der Waals surface area contributed by atoms with Gasteiger partial charge < -0.3 is 0 Å². The van der Waals surface area contributed by atoms with Gasteiger partial charge in [0.2, 0.25) is 0 Å². The van der Waals surface area contributed by atoms with Gasteiger partial charge in [0.25, 0.3) is 10.1 Å². The van der Waals surface area contributed by atoms with Gasteiger partial charge in [0.1, 0.15) is 0 Å². The van der Waals surface area contributed by atoms with Gasteiger partial charge in [-0.1, -0.05) is 50.6 Å². The van der Waals surface area contributed by atoms with E-state index in [9.17, 15) is 8.42 Å². The van der Waals surface area contributed by atoms with Gasteiger partial charge >= 0.3 is 0 Å². The quantitative estimate of drug-likeness (QED) is 0.735. The normalized spacial score (nSPS) is 16.8. The molecule has 1 unspecified atom stereocenters. The first kappa shape index (κ1) is 16.5. The largest absolute Gasteiger partial charge is 0.276 e. The van der Waals surface area contributed by atoms with Crippen molar-refractivity contribution in [1.82, 2.24) is 0 Å². The Morgan fingerprint density at radius 2 is 1.74 bits per heavy atom. The zero-order chi connectivity index (χ0) is 14.4. The van der Waals surface area contributed by atoms with E-state index in [2.05, 4.69) is 0 Å². The van der Waals surface area contributed by atoms with Gasteiger partial charge in [-0.2, -0.15) is 8.42 Å². The number of hydrogen-bond donors (Lipinski definition) is 0. The smallest absolute Gasteiger partial charge is 0.220 e. The molecule has 1 rings (SSSR count). The van der Waals surface area contributed by atoms with Crippen LogP contribution in [0.4, 0.5) is 0 Å². The van der Waals surface area contributed by atoms with Crippen molar-refractivity contribution in [3.8, 4) is 0 Å². The molecule has 19 heavy (non-hydrogen) atoms. The maximum atomic E-state index is 12.0. The summed E-state index contributed by atoms with van der Waals surface area (Å²) in [5.74, 6) is 1.56. The molecule has 1 atom stereocenters. The third-order valence-electron chi connectivity index (χ3n) is 2.94. The number of rotatable bonds is 8. The van der Waals surface area contributed by atoms with E-state index in [1.807, 2.05) is 50.4 Å². The highest BCUT2D eigenvalue weighted by molar-refractivity contribution is 8.31. The summed E-state index contributed by atoms with van der Waals surface area (Å²) >= 11 is 0. The maximum absolute atomic E-state index is 12.0. The number of hydrogen-bond acceptors (Lipinski definition) is 3. The third kappa shape index (κ3) is 5.97. The van der Waals surface area contributed by atoms with Crippen LogP contribution in [-0.2, 0) is 19.5 Å². The van der Waals surface area contributed by atoms with Crippen LogP contribution in [0.15, 0.2) is 30.3 Å². The van der Waals surface area contributed by atoms with E-state index < -0.39 is 20.4 Å². The number of benzene rings is 1. The second-order valence-corrected chi connectivity index (χ2v) is 10.1. The molecule has 3 nitrogen and oxygen atoms in total. The highest BCUT2D eigenvalue weighted by Crippen LogP contribution is 2.49. The van der Waals surface area contributed by atoms with Gasteiger partial charge in [-0.3, -0.25) is 0 Å². The Kier molecular flexibility index (Phi) is 6.36. The summed E-state index contributed by atoms with van der Waals surface area (Å²) in [5, 5.41) is 0. The summed E-state index contributed by atoms with van der Waals surface area (Å²) < 4.78 is 29.4. The van der Waals surface area contributed by atoms with Crippen molar-refractivity contribution in [3.63, 3.8) is 0 Å². The lowest BCUT2D eigenvalue weighted by Gasteiger charge is -2.33. The summed E-state index contributed by atoms with van der Waals surface area (Å²) in [6.07, 6.45) is 3.47. The van der Waals surface area contributed by atoms with Crippen molar-refractivity contribution >= 4 is 20.4 Å². The second-order valence-electron chi connectivity index (χ2n) is 4.79. The van der Waals surface area contributed by atoms with E-state index in [1.165, 1.54) is 0 Å². The second kappa shape index (κ2) is 7.31. The van der Waals surface area contributed by atoms with Crippen molar-refractivity contribution in [2.24, 2.45) is 0 Å². The van der Waals surface area contributed by atoms with Gasteiger partial charge in [-0.05, 0) is 24.0 Å². The lowest BCUT2D eigenvalue weighted by molar-refractivity contribution is 0.507. The summed E-state index contributed by atoms with van der Waals surface area (Å²) in [6.45, 7) is 3.97. The highest BCUT2D eigenvalue weighted by Gasteiger charge is 2.25. The first-order valence-electron chi connectivity index (χ1n) is 6.62. The average molecular weight is 304 g/mol. The SMILES string of the molecule is CCCCS(=O)(=O)OS(C)(CC)Cc1ccccc1. The van der Waals surface area contributed by atoms with Crippen LogP contribution < -0.4 is 0 Å². The Morgan fingerprint density at radius 1 is 1.11 bits per heavy atom. The minimum Gasteiger partial charge on any atom is -0.220 e. The molecule has 0 saturated carbocycles. The predicted molar refractivity (Wildman–Crippen MR) is 84.0 cm³/mol. The Balaban J connectivity index is 2.75. The maximum Gasteiger partial charge on any atom is 0.276 e. The molecule has 0 N–H and O–H groups in total. The van der Waals surface area contributed by atoms with E-state index in [4.69, 9.17) is 3.63 Å². The topological polar surface area (TPSA) is 43.4 Å². The van der Waals surface area contributed by atoms with E-state index in [-0.39, 0.29) is 5.75 Å². The van der Waals surface area contributed by atoms with E-state index in [0.29, 0.717) is 12.2 Å². The molecule has 0 heterocycles. The monoisotopic (exact) mass is 304 g/mol. The van der Waals surface area contributed by atoms with E-state index >= 15 is 0 Å². The first-order valence-corrected chi connectivity index (χ1v) is 10.5. The van der Waals surface area contributed by atoms with Crippen LogP contribution in [0.5, 0.6) is 0 Å². The molecule has 110 valence electrons. The third-order valence-corrected chi connectivity index (χ3v) is 8.04. The summed E-state index contributed by atoms with van der Waals surface area (Å²) in [4.78, 5) is 0. The van der Waals surface area contributed by atoms with Crippen molar-refractivity contribution in [2.75, 3.05) is 17.8 Å². The molecule has 0 bridgehead atoms. The summed E-state index contributed by atoms with van der Waals surface area (Å²) in [7, 11) is -5.00. The molecule has 0 amide bonds. The summed E-state index contributed by atoms with van der Waals surface area (Å²) in [5.41, 5.74) is 1.13. The fourth-order valence-corrected chi connectivity index (χ4v) is 6.30. The van der Waals surface area contributed by atoms with Crippen molar-refractivity contribution in [2.45, 2.75) is 32.4 Å². The van der Waals surface area contributed by atoms with Gasteiger partial charge in [0, 0.05) is 5.75 Å². The zero-order valence-corrected chi connectivity index (χ0v) is 13.6. The van der Waals surface area contributed by atoms with Crippen LogP contribution in [0.1, 0.15) is 32.3 Å². The first-order chi connectivity index (χ1) is 8.91. The molecule has 0 radical (unpaired) electrons. The standard InChI is InChI=1S/C14H24O3S2/c1-4-6-12-19(15,16)17-18(3,5-2)13-14-10-8-7-9-11-14/h7-11H,4-6,12-13H2,1-3H3. The molecule has 0 aromatic heterocycles. The van der Waals surface area contributed by atoms with Crippen molar-refractivity contribution < 1.29 is 12.0 Å². The molecular formula is C14H24O3S2. The molecular weight excluding hydrogens is 280 g/mol. The average Bonchev–Trinajstić information content (AvgIpc) is 2.37. The van der Waals surface area contributed by atoms with Gasteiger partial charge in [0.05, 0.1) is 5.75 Å². The van der Waals surface area contributed by atoms with Crippen LogP contribution >= 0.6 is 10.3 Å². The summed E-state index contributed by atoms with van der Waals surface area (Å²) in [6, 6.07) is 9.93. The molecule has 0 aliphatic rings. The highest BCUT2D eigenvalue weighted by atomic mass is 32.3. The molecule has 0 saturated heterocycles. The van der Waals surface area contributed by atoms with E-state index in [0.717, 1.165) is 17.7 Å². The molecule has 0 aliphatic carbocycles. The Bertz CT molecular complexity index is 471. The molecule has 5 heteroatoms. The van der Waals surface area contributed by atoms with Gasteiger partial charge in [-0.25, -0.2) is 3.63 Å². The Morgan fingerprint density at radius 3 is 2.26 bits per heavy atom. The van der Waals surface area contributed by atoms with Gasteiger partial charge in [0.15, 0.2) is 0 Å². The predicted octanol–water partition coefficient (Wildman–Crippen LogP) is 3.70.